The molecule has 1 saturated carbocycles. The molecule has 2 N–H and O–H groups in total. The van der Waals surface area contributed by atoms with Crippen molar-refractivity contribution in [2.75, 3.05) is 0 Å². The zero-order valence-corrected chi connectivity index (χ0v) is 12.3. The van der Waals surface area contributed by atoms with Crippen LogP contribution in [0.1, 0.15) is 36.9 Å². The van der Waals surface area contributed by atoms with Gasteiger partial charge in [0.1, 0.15) is 0 Å². The second kappa shape index (κ2) is 6.97. The van der Waals surface area contributed by atoms with Gasteiger partial charge < -0.3 is 10.4 Å². The van der Waals surface area contributed by atoms with Crippen LogP contribution in [0.15, 0.2) is 18.3 Å². The molecule has 1 aliphatic carbocycles. The van der Waals surface area contributed by atoms with Gasteiger partial charge in [0.15, 0.2) is 0 Å². The van der Waals surface area contributed by atoms with E-state index < -0.39 is 23.6 Å². The van der Waals surface area contributed by atoms with Crippen LogP contribution in [0.25, 0.3) is 0 Å². The Labute approximate surface area is 130 Å². The number of hydrogen-bond acceptors (Lipinski definition) is 3. The molecule has 5 nitrogen and oxygen atoms in total. The first-order valence-corrected chi connectivity index (χ1v) is 7.30. The summed E-state index contributed by atoms with van der Waals surface area (Å²) < 4.78 is 37.8. The van der Waals surface area contributed by atoms with E-state index in [-0.39, 0.29) is 24.1 Å². The van der Waals surface area contributed by atoms with Gasteiger partial charge in [-0.3, -0.25) is 14.6 Å². The number of nitrogens with zero attached hydrogens (tertiary/aromatic N) is 1. The molecule has 126 valence electrons. The number of nitrogens with one attached hydrogen (secondary N) is 1. The molecule has 1 aromatic rings. The Kier molecular flexibility index (Phi) is 5.23. The van der Waals surface area contributed by atoms with Gasteiger partial charge in [-0.25, -0.2) is 0 Å². The van der Waals surface area contributed by atoms with Gasteiger partial charge in [-0.05, 0) is 37.8 Å². The van der Waals surface area contributed by atoms with Crippen molar-refractivity contribution >= 4 is 11.9 Å². The molecule has 0 spiro atoms. The molecule has 1 aromatic heterocycles. The van der Waals surface area contributed by atoms with Gasteiger partial charge in [-0.1, -0.05) is 0 Å². The summed E-state index contributed by atoms with van der Waals surface area (Å²) >= 11 is 0. The Balaban J connectivity index is 1.87. The molecule has 2 rings (SSSR count). The van der Waals surface area contributed by atoms with Crippen LogP contribution < -0.4 is 5.32 Å². The first-order valence-electron chi connectivity index (χ1n) is 7.30. The van der Waals surface area contributed by atoms with E-state index in [4.69, 9.17) is 5.11 Å². The summed E-state index contributed by atoms with van der Waals surface area (Å²) in [5.74, 6) is -1.83. The van der Waals surface area contributed by atoms with Crippen molar-refractivity contribution in [3.63, 3.8) is 0 Å². The molecule has 8 heteroatoms. The number of pyridine rings is 1. The molecule has 0 atom stereocenters. The highest BCUT2D eigenvalue weighted by atomic mass is 19.4. The number of carboxylic acids is 1. The molecule has 1 heterocycles. The predicted molar refractivity (Wildman–Crippen MR) is 74.2 cm³/mol. The van der Waals surface area contributed by atoms with Gasteiger partial charge in [0.05, 0.1) is 23.7 Å². The number of rotatable bonds is 4. The smallest absolute Gasteiger partial charge is 0.416 e. The maximum Gasteiger partial charge on any atom is 0.416 e. The summed E-state index contributed by atoms with van der Waals surface area (Å²) in [6.45, 7) is -0.0817. The summed E-state index contributed by atoms with van der Waals surface area (Å²) in [5, 5.41) is 11.5. The quantitative estimate of drug-likeness (QED) is 0.889. The number of alkyl halides is 3. The van der Waals surface area contributed by atoms with Crippen LogP contribution in [-0.2, 0) is 22.3 Å². The summed E-state index contributed by atoms with van der Waals surface area (Å²) in [7, 11) is 0. The number of carboxylic acid groups (broad SMARTS) is 1. The van der Waals surface area contributed by atoms with Crippen molar-refractivity contribution in [2.45, 2.75) is 38.4 Å². The van der Waals surface area contributed by atoms with E-state index in [1.807, 2.05) is 0 Å². The van der Waals surface area contributed by atoms with Crippen LogP contribution >= 0.6 is 0 Å². The number of hydrogen-bond donors (Lipinski definition) is 2. The monoisotopic (exact) mass is 330 g/mol. The van der Waals surface area contributed by atoms with Gasteiger partial charge in [0.25, 0.3) is 0 Å². The lowest BCUT2D eigenvalue weighted by Gasteiger charge is -2.25. The molecule has 1 amide bonds. The third-order valence-electron chi connectivity index (χ3n) is 4.03. The fourth-order valence-corrected chi connectivity index (χ4v) is 2.68. The highest BCUT2D eigenvalue weighted by Gasteiger charge is 2.31. The lowest BCUT2D eigenvalue weighted by molar-refractivity contribution is -0.144. The standard InChI is InChI=1S/C15H17F3N2O3/c16-15(17,18)11-5-6-19-12(7-11)8-20-13(21)9-1-3-10(4-2-9)14(22)23/h5-7,9-10H,1-4,8H2,(H,20,21)(H,22,23). The second-order valence-corrected chi connectivity index (χ2v) is 5.64. The van der Waals surface area contributed by atoms with E-state index in [9.17, 15) is 22.8 Å². The van der Waals surface area contributed by atoms with Crippen molar-refractivity contribution in [3.8, 4) is 0 Å². The summed E-state index contributed by atoms with van der Waals surface area (Å²) in [5.41, 5.74) is -0.675. The molecule has 1 aliphatic rings. The minimum absolute atomic E-state index is 0.0817. The number of carbonyl (C=O) groups is 2. The van der Waals surface area contributed by atoms with E-state index in [1.165, 1.54) is 0 Å². The van der Waals surface area contributed by atoms with Gasteiger partial charge in [-0.2, -0.15) is 13.2 Å². The van der Waals surface area contributed by atoms with Crippen molar-refractivity contribution < 1.29 is 27.9 Å². The highest BCUT2D eigenvalue weighted by Crippen LogP contribution is 2.30. The zero-order chi connectivity index (χ0) is 17.0. The lowest BCUT2D eigenvalue weighted by Crippen LogP contribution is -2.34. The van der Waals surface area contributed by atoms with E-state index in [2.05, 4.69) is 10.3 Å². The van der Waals surface area contributed by atoms with Gasteiger partial charge >= 0.3 is 12.1 Å². The number of carbonyl (C=O) groups excluding carboxylic acids is 1. The second-order valence-electron chi connectivity index (χ2n) is 5.64. The van der Waals surface area contributed by atoms with E-state index >= 15 is 0 Å². The Bertz CT molecular complexity index is 582. The molecule has 23 heavy (non-hydrogen) atoms. The highest BCUT2D eigenvalue weighted by molar-refractivity contribution is 5.79. The SMILES string of the molecule is O=C(O)C1CCC(C(=O)NCc2cc(C(F)(F)F)ccn2)CC1. The minimum atomic E-state index is -4.45. The fraction of sp³-hybridized carbons (Fsp3) is 0.533. The maximum absolute atomic E-state index is 12.6. The average molecular weight is 330 g/mol. The molecule has 1 fully saturated rings. The summed E-state index contributed by atoms with van der Waals surface area (Å²) in [4.78, 5) is 26.7. The first-order chi connectivity index (χ1) is 10.8. The molecule has 0 bridgehead atoms. The number of aliphatic carboxylic acids is 1. The summed E-state index contributed by atoms with van der Waals surface area (Å²) in [6.07, 6.45) is -1.57. The number of halogens is 3. The van der Waals surface area contributed by atoms with E-state index in [0.717, 1.165) is 18.3 Å². The largest absolute Gasteiger partial charge is 0.481 e. The third kappa shape index (κ3) is 4.67. The van der Waals surface area contributed by atoms with Crippen LogP contribution in [0.4, 0.5) is 13.2 Å². The van der Waals surface area contributed by atoms with Crippen molar-refractivity contribution in [2.24, 2.45) is 11.8 Å². The Morgan fingerprint density at radius 2 is 1.83 bits per heavy atom. The Hall–Kier alpha value is -2.12. The molecule has 0 unspecified atom stereocenters. The Morgan fingerprint density at radius 3 is 2.39 bits per heavy atom. The summed E-state index contributed by atoms with van der Waals surface area (Å²) in [6, 6.07) is 1.78. The van der Waals surface area contributed by atoms with Crippen LogP contribution in [0.2, 0.25) is 0 Å². The van der Waals surface area contributed by atoms with Crippen LogP contribution in [0, 0.1) is 11.8 Å². The lowest BCUT2D eigenvalue weighted by atomic mass is 9.81. The third-order valence-corrected chi connectivity index (χ3v) is 4.03. The number of amides is 1. The Morgan fingerprint density at radius 1 is 1.22 bits per heavy atom. The van der Waals surface area contributed by atoms with E-state index in [1.54, 1.807) is 0 Å². The topological polar surface area (TPSA) is 79.3 Å². The maximum atomic E-state index is 12.6. The first kappa shape index (κ1) is 17.2. The predicted octanol–water partition coefficient (Wildman–Crippen LogP) is 2.61. The van der Waals surface area contributed by atoms with Gasteiger partial charge in [0.2, 0.25) is 5.91 Å². The fourth-order valence-electron chi connectivity index (χ4n) is 2.68. The van der Waals surface area contributed by atoms with Gasteiger partial charge in [-0.15, -0.1) is 0 Å². The zero-order valence-electron chi connectivity index (χ0n) is 12.3. The van der Waals surface area contributed by atoms with Crippen LogP contribution in [0.5, 0.6) is 0 Å². The van der Waals surface area contributed by atoms with Crippen LogP contribution in [-0.4, -0.2) is 22.0 Å². The van der Waals surface area contributed by atoms with E-state index in [0.29, 0.717) is 25.7 Å². The van der Waals surface area contributed by atoms with Crippen molar-refractivity contribution in [1.29, 1.82) is 0 Å². The van der Waals surface area contributed by atoms with Crippen molar-refractivity contribution in [1.82, 2.24) is 10.3 Å². The average Bonchev–Trinajstić information content (AvgIpc) is 2.52. The minimum Gasteiger partial charge on any atom is -0.481 e. The number of aromatic nitrogens is 1. The molecular weight excluding hydrogens is 313 g/mol. The van der Waals surface area contributed by atoms with Crippen LogP contribution in [0.3, 0.4) is 0 Å². The molecule has 0 aromatic carbocycles. The molecule has 0 saturated heterocycles. The normalized spacial score (nSPS) is 21.7. The molecule has 0 aliphatic heterocycles. The van der Waals surface area contributed by atoms with Crippen molar-refractivity contribution in [3.05, 3.63) is 29.6 Å². The molecular formula is C15H17F3N2O3. The van der Waals surface area contributed by atoms with Gasteiger partial charge in [0, 0.05) is 12.1 Å². The molecule has 0 radical (unpaired) electrons.